The van der Waals surface area contributed by atoms with Crippen LogP contribution >= 0.6 is 0 Å². The van der Waals surface area contributed by atoms with Gasteiger partial charge in [-0.1, -0.05) is 35.9 Å². The molecule has 0 spiro atoms. The molecule has 0 fully saturated rings. The minimum Gasteiger partial charge on any atom is -0.350 e. The Morgan fingerprint density at radius 1 is 1.12 bits per heavy atom. The van der Waals surface area contributed by atoms with Gasteiger partial charge in [0.15, 0.2) is 0 Å². The maximum Gasteiger partial charge on any atom is 0.282 e. The van der Waals surface area contributed by atoms with Gasteiger partial charge in [-0.15, -0.1) is 0 Å². The predicted molar refractivity (Wildman–Crippen MR) is 91.5 cm³/mol. The molecule has 132 valence electrons. The summed E-state index contributed by atoms with van der Waals surface area (Å²) < 4.78 is 0. The van der Waals surface area contributed by atoms with Crippen LogP contribution in [0.2, 0.25) is 0 Å². The molecule has 0 aliphatic carbocycles. The van der Waals surface area contributed by atoms with Crippen LogP contribution in [0.25, 0.3) is 0 Å². The zero-order chi connectivity index (χ0) is 18.8. The fourth-order valence-electron chi connectivity index (χ4n) is 2.72. The molecule has 2 aromatic carbocycles. The van der Waals surface area contributed by atoms with Crippen molar-refractivity contribution in [3.05, 3.63) is 74.8 Å². The highest BCUT2D eigenvalue weighted by Crippen LogP contribution is 2.30. The fraction of sp³-hybridized carbons (Fsp3) is 0.167. The molecule has 2 aromatic rings. The average molecular weight is 353 g/mol. The lowest BCUT2D eigenvalue weighted by molar-refractivity contribution is -0.385. The number of benzene rings is 2. The Kier molecular flexibility index (Phi) is 4.49. The van der Waals surface area contributed by atoms with E-state index in [1.807, 2.05) is 31.2 Å². The number of nitrogens with zero attached hydrogens (tertiary/aromatic N) is 2. The van der Waals surface area contributed by atoms with Crippen molar-refractivity contribution in [3.63, 3.8) is 0 Å². The van der Waals surface area contributed by atoms with E-state index in [4.69, 9.17) is 0 Å². The van der Waals surface area contributed by atoms with Gasteiger partial charge < -0.3 is 5.32 Å². The summed E-state index contributed by atoms with van der Waals surface area (Å²) in [6, 6.07) is 11.4. The van der Waals surface area contributed by atoms with Crippen molar-refractivity contribution >= 4 is 23.4 Å². The fourth-order valence-corrected chi connectivity index (χ4v) is 2.72. The van der Waals surface area contributed by atoms with Crippen LogP contribution in [-0.4, -0.2) is 34.1 Å². The van der Waals surface area contributed by atoms with Crippen molar-refractivity contribution in [2.24, 2.45) is 0 Å². The lowest BCUT2D eigenvalue weighted by atomic mass is 10.1. The summed E-state index contributed by atoms with van der Waals surface area (Å²) in [5.74, 6) is -2.07. The van der Waals surface area contributed by atoms with E-state index in [1.165, 1.54) is 12.1 Å². The number of fused-ring (bicyclic) bond motifs is 1. The Morgan fingerprint density at radius 2 is 1.81 bits per heavy atom. The first-order chi connectivity index (χ1) is 12.4. The van der Waals surface area contributed by atoms with Crippen molar-refractivity contribution in [3.8, 4) is 0 Å². The minimum atomic E-state index is -0.831. The second-order valence-corrected chi connectivity index (χ2v) is 5.92. The van der Waals surface area contributed by atoms with Crippen molar-refractivity contribution in [2.45, 2.75) is 13.5 Å². The van der Waals surface area contributed by atoms with Crippen LogP contribution in [0, 0.1) is 17.0 Å². The normalized spacial score (nSPS) is 12.9. The van der Waals surface area contributed by atoms with Gasteiger partial charge in [0.05, 0.1) is 10.5 Å². The summed E-state index contributed by atoms with van der Waals surface area (Å²) >= 11 is 0. The smallest absolute Gasteiger partial charge is 0.282 e. The van der Waals surface area contributed by atoms with Gasteiger partial charge in [0, 0.05) is 12.6 Å². The predicted octanol–water partition coefficient (Wildman–Crippen LogP) is 1.82. The van der Waals surface area contributed by atoms with Crippen molar-refractivity contribution in [1.82, 2.24) is 10.2 Å². The third kappa shape index (κ3) is 3.16. The summed E-state index contributed by atoms with van der Waals surface area (Å²) in [7, 11) is 0. The quantitative estimate of drug-likeness (QED) is 0.501. The molecule has 0 saturated heterocycles. The lowest BCUT2D eigenvalue weighted by Gasteiger charge is -2.13. The highest BCUT2D eigenvalue weighted by atomic mass is 16.6. The summed E-state index contributed by atoms with van der Waals surface area (Å²) in [5, 5.41) is 13.7. The zero-order valence-corrected chi connectivity index (χ0v) is 13.9. The summed E-state index contributed by atoms with van der Waals surface area (Å²) in [4.78, 5) is 47.9. The Hall–Kier alpha value is -3.55. The number of nitrogens with one attached hydrogen (secondary N) is 1. The van der Waals surface area contributed by atoms with Crippen LogP contribution in [0.15, 0.2) is 42.5 Å². The van der Waals surface area contributed by atoms with E-state index in [-0.39, 0.29) is 17.7 Å². The first-order valence-electron chi connectivity index (χ1n) is 7.84. The molecule has 3 rings (SSSR count). The number of rotatable bonds is 5. The summed E-state index contributed by atoms with van der Waals surface area (Å²) in [6.07, 6.45) is 0. The summed E-state index contributed by atoms with van der Waals surface area (Å²) in [5.41, 5.74) is 1.20. The Labute approximate surface area is 148 Å². The first-order valence-corrected chi connectivity index (χ1v) is 7.84. The Balaban J connectivity index is 1.70. The standard InChI is InChI=1S/C18H15N3O5/c1-11-5-7-12(8-6-11)9-19-15(22)10-20-17(23)13-3-2-4-14(21(25)26)16(13)18(20)24/h2-8H,9-10H2,1H3,(H,19,22). The maximum absolute atomic E-state index is 12.4. The van der Waals surface area contributed by atoms with Crippen molar-refractivity contribution in [2.75, 3.05) is 6.54 Å². The van der Waals surface area contributed by atoms with E-state index in [1.54, 1.807) is 0 Å². The van der Waals surface area contributed by atoms with E-state index in [0.29, 0.717) is 0 Å². The van der Waals surface area contributed by atoms with Gasteiger partial charge in [0.25, 0.3) is 17.5 Å². The molecule has 0 saturated carbocycles. The van der Waals surface area contributed by atoms with Crippen LogP contribution in [0.5, 0.6) is 0 Å². The first kappa shape index (κ1) is 17.3. The van der Waals surface area contributed by atoms with Gasteiger partial charge in [0.2, 0.25) is 5.91 Å². The molecule has 1 N–H and O–H groups in total. The third-order valence-electron chi connectivity index (χ3n) is 4.09. The second kappa shape index (κ2) is 6.75. The van der Waals surface area contributed by atoms with Crippen LogP contribution in [0.1, 0.15) is 31.8 Å². The largest absolute Gasteiger partial charge is 0.350 e. The molecule has 8 nitrogen and oxygen atoms in total. The van der Waals surface area contributed by atoms with E-state index in [9.17, 15) is 24.5 Å². The molecule has 0 radical (unpaired) electrons. The van der Waals surface area contributed by atoms with Gasteiger partial charge >= 0.3 is 0 Å². The molecular formula is C18H15N3O5. The average Bonchev–Trinajstić information content (AvgIpc) is 2.86. The van der Waals surface area contributed by atoms with Crippen LogP contribution in [0.4, 0.5) is 5.69 Å². The number of imide groups is 1. The van der Waals surface area contributed by atoms with Crippen LogP contribution < -0.4 is 5.32 Å². The monoisotopic (exact) mass is 353 g/mol. The lowest BCUT2D eigenvalue weighted by Crippen LogP contribution is -2.40. The molecule has 0 aromatic heterocycles. The molecule has 1 aliphatic rings. The van der Waals surface area contributed by atoms with Crippen LogP contribution in [-0.2, 0) is 11.3 Å². The Bertz CT molecular complexity index is 921. The van der Waals surface area contributed by atoms with E-state index in [2.05, 4.69) is 5.32 Å². The highest BCUT2D eigenvalue weighted by Gasteiger charge is 2.41. The number of carbonyl (C=O) groups excluding carboxylic acids is 3. The van der Waals surface area contributed by atoms with Gasteiger partial charge in [-0.25, -0.2) is 0 Å². The van der Waals surface area contributed by atoms with Gasteiger partial charge in [0.1, 0.15) is 12.1 Å². The number of nitro groups is 1. The molecule has 3 amide bonds. The summed E-state index contributed by atoms with van der Waals surface area (Å²) in [6.45, 7) is 1.71. The Morgan fingerprint density at radius 3 is 2.46 bits per heavy atom. The number of hydrogen-bond acceptors (Lipinski definition) is 5. The highest BCUT2D eigenvalue weighted by molar-refractivity contribution is 6.24. The van der Waals surface area contributed by atoms with Crippen molar-refractivity contribution < 1.29 is 19.3 Å². The topological polar surface area (TPSA) is 110 Å². The minimum absolute atomic E-state index is 0.0597. The van der Waals surface area contributed by atoms with Crippen LogP contribution in [0.3, 0.4) is 0 Å². The number of carbonyl (C=O) groups is 3. The van der Waals surface area contributed by atoms with Crippen molar-refractivity contribution in [1.29, 1.82) is 0 Å². The molecule has 0 unspecified atom stereocenters. The second-order valence-electron chi connectivity index (χ2n) is 5.92. The molecule has 8 heteroatoms. The zero-order valence-electron chi connectivity index (χ0n) is 13.9. The van der Waals surface area contributed by atoms with E-state index >= 15 is 0 Å². The third-order valence-corrected chi connectivity index (χ3v) is 4.09. The van der Waals surface area contributed by atoms with E-state index < -0.39 is 34.9 Å². The SMILES string of the molecule is Cc1ccc(CNC(=O)CN2C(=O)c3cccc([N+](=O)[O-])c3C2=O)cc1. The van der Waals surface area contributed by atoms with E-state index in [0.717, 1.165) is 22.1 Å². The van der Waals surface area contributed by atoms with Gasteiger partial charge in [-0.3, -0.25) is 29.4 Å². The molecule has 1 heterocycles. The maximum atomic E-state index is 12.4. The molecule has 0 atom stereocenters. The van der Waals surface area contributed by atoms with Gasteiger partial charge in [-0.05, 0) is 18.6 Å². The van der Waals surface area contributed by atoms with Gasteiger partial charge in [-0.2, -0.15) is 0 Å². The number of hydrogen-bond donors (Lipinski definition) is 1. The number of amides is 3. The molecule has 26 heavy (non-hydrogen) atoms. The number of aryl methyl sites for hydroxylation is 1. The molecular weight excluding hydrogens is 338 g/mol. The number of nitro benzene ring substituents is 1. The molecule has 1 aliphatic heterocycles. The molecule has 0 bridgehead atoms.